The normalized spacial score (nSPS) is 14.8. The van der Waals surface area contributed by atoms with Crippen molar-refractivity contribution < 1.29 is 24.5 Å². The molecule has 2 aromatic heterocycles. The first kappa shape index (κ1) is 26.6. The van der Waals surface area contributed by atoms with E-state index in [9.17, 15) is 19.4 Å². The van der Waals surface area contributed by atoms with E-state index in [1.807, 2.05) is 27.0 Å². The SMILES string of the molecule is Cc1ncc2c(n1)CCCc1c-2nc(C(C)C)c(/C=C/[C@@H](O)C[C@@H](O)CC(=O)O)c1-c1ccc(F)cc1. The number of aliphatic hydroxyl groups excluding tert-OH is 2. The summed E-state index contributed by atoms with van der Waals surface area (Å²) in [5.74, 6) is -0.721. The van der Waals surface area contributed by atoms with Crippen molar-refractivity contribution in [2.75, 3.05) is 0 Å². The van der Waals surface area contributed by atoms with Crippen molar-refractivity contribution in [2.45, 2.75) is 71.0 Å². The van der Waals surface area contributed by atoms with Crippen LogP contribution in [0.3, 0.4) is 0 Å². The van der Waals surface area contributed by atoms with Crippen LogP contribution in [0.2, 0.25) is 0 Å². The summed E-state index contributed by atoms with van der Waals surface area (Å²) >= 11 is 0. The third kappa shape index (κ3) is 6.09. The summed E-state index contributed by atoms with van der Waals surface area (Å²) in [7, 11) is 0. The van der Waals surface area contributed by atoms with E-state index < -0.39 is 24.6 Å². The van der Waals surface area contributed by atoms with Gasteiger partial charge in [0.1, 0.15) is 11.6 Å². The number of pyridine rings is 1. The Kier molecular flexibility index (Phi) is 8.10. The molecule has 0 saturated heterocycles. The molecule has 1 aromatic carbocycles. The van der Waals surface area contributed by atoms with Crippen LogP contribution in [0, 0.1) is 12.7 Å². The highest BCUT2D eigenvalue weighted by Gasteiger charge is 2.26. The first-order valence-electron chi connectivity index (χ1n) is 12.6. The van der Waals surface area contributed by atoms with Gasteiger partial charge in [0.05, 0.1) is 35.7 Å². The topological polar surface area (TPSA) is 116 Å². The van der Waals surface area contributed by atoms with Crippen molar-refractivity contribution in [3.05, 3.63) is 70.7 Å². The molecule has 8 heteroatoms. The van der Waals surface area contributed by atoms with Crippen molar-refractivity contribution in [3.8, 4) is 22.4 Å². The predicted octanol–water partition coefficient (Wildman–Crippen LogP) is 4.87. The number of aromatic nitrogens is 3. The fourth-order valence-electron chi connectivity index (χ4n) is 4.87. The Hall–Kier alpha value is -3.49. The number of carboxylic acid groups (broad SMARTS) is 1. The van der Waals surface area contributed by atoms with Gasteiger partial charge in [-0.2, -0.15) is 0 Å². The summed E-state index contributed by atoms with van der Waals surface area (Å²) in [5, 5.41) is 29.4. The molecule has 0 radical (unpaired) electrons. The number of hydrogen-bond donors (Lipinski definition) is 3. The minimum absolute atomic E-state index is 0.0250. The molecular weight excluding hydrogens is 473 g/mol. The number of carbonyl (C=O) groups is 1. The second-order valence-electron chi connectivity index (χ2n) is 9.82. The number of carboxylic acids is 1. The average Bonchev–Trinajstić information content (AvgIpc) is 3.00. The van der Waals surface area contributed by atoms with Gasteiger partial charge < -0.3 is 15.3 Å². The minimum Gasteiger partial charge on any atom is -0.481 e. The van der Waals surface area contributed by atoms with Crippen LogP contribution >= 0.6 is 0 Å². The average molecular weight is 506 g/mol. The van der Waals surface area contributed by atoms with E-state index >= 15 is 0 Å². The number of hydrogen-bond acceptors (Lipinski definition) is 6. The number of benzene rings is 1. The Labute approximate surface area is 215 Å². The van der Waals surface area contributed by atoms with Crippen LogP contribution in [0.4, 0.5) is 4.39 Å². The zero-order valence-corrected chi connectivity index (χ0v) is 21.3. The highest BCUT2D eigenvalue weighted by molar-refractivity contribution is 5.85. The maximum Gasteiger partial charge on any atom is 0.305 e. The molecule has 1 aliphatic carbocycles. The molecule has 0 aliphatic heterocycles. The zero-order valence-electron chi connectivity index (χ0n) is 21.3. The van der Waals surface area contributed by atoms with E-state index in [0.29, 0.717) is 5.82 Å². The third-order valence-corrected chi connectivity index (χ3v) is 6.54. The van der Waals surface area contributed by atoms with Gasteiger partial charge in [-0.15, -0.1) is 0 Å². The fourth-order valence-corrected chi connectivity index (χ4v) is 4.87. The largest absolute Gasteiger partial charge is 0.481 e. The highest BCUT2D eigenvalue weighted by atomic mass is 19.1. The van der Waals surface area contributed by atoms with E-state index in [1.54, 1.807) is 24.3 Å². The maximum absolute atomic E-state index is 13.9. The van der Waals surface area contributed by atoms with Gasteiger partial charge in [-0.25, -0.2) is 14.4 Å². The molecule has 3 aromatic rings. The van der Waals surface area contributed by atoms with E-state index in [1.165, 1.54) is 12.1 Å². The quantitative estimate of drug-likeness (QED) is 0.400. The first-order valence-corrected chi connectivity index (χ1v) is 12.6. The molecule has 194 valence electrons. The Balaban J connectivity index is 1.91. The summed E-state index contributed by atoms with van der Waals surface area (Å²) in [6, 6.07) is 6.35. The van der Waals surface area contributed by atoms with Crippen molar-refractivity contribution in [1.82, 2.24) is 15.0 Å². The Bertz CT molecular complexity index is 1320. The van der Waals surface area contributed by atoms with E-state index in [0.717, 1.165) is 64.2 Å². The van der Waals surface area contributed by atoms with Gasteiger partial charge in [0.25, 0.3) is 0 Å². The highest BCUT2D eigenvalue weighted by Crippen LogP contribution is 2.41. The third-order valence-electron chi connectivity index (χ3n) is 6.54. The van der Waals surface area contributed by atoms with Crippen LogP contribution in [0.5, 0.6) is 0 Å². The van der Waals surface area contributed by atoms with Crippen LogP contribution in [0.1, 0.15) is 67.4 Å². The second kappa shape index (κ2) is 11.3. The van der Waals surface area contributed by atoms with Gasteiger partial charge in [-0.1, -0.05) is 38.1 Å². The van der Waals surface area contributed by atoms with Crippen molar-refractivity contribution in [3.63, 3.8) is 0 Å². The molecule has 2 atom stereocenters. The standard InChI is InChI=1S/C29H32FN3O4/c1-16(2)28-23(12-11-20(34)13-21(35)14-26(36)37)27(18-7-9-19(30)10-8-18)22-5-4-6-25-24(29(22)33-28)15-31-17(3)32-25/h7-12,15-16,20-21,34-35H,4-6,13-14H2,1-3H3,(H,36,37)/b12-11+/t20-,21-/m1/s1. The molecule has 2 heterocycles. The number of halogens is 1. The van der Waals surface area contributed by atoms with E-state index in [-0.39, 0.29) is 18.2 Å². The predicted molar refractivity (Wildman–Crippen MR) is 139 cm³/mol. The smallest absolute Gasteiger partial charge is 0.305 e. The van der Waals surface area contributed by atoms with Crippen LogP contribution in [0.25, 0.3) is 28.5 Å². The van der Waals surface area contributed by atoms with Crippen LogP contribution < -0.4 is 0 Å². The molecular formula is C29H32FN3O4. The van der Waals surface area contributed by atoms with Gasteiger partial charge >= 0.3 is 5.97 Å². The first-order chi connectivity index (χ1) is 17.6. The van der Waals surface area contributed by atoms with E-state index in [2.05, 4.69) is 9.97 Å². The van der Waals surface area contributed by atoms with Crippen molar-refractivity contribution >= 4 is 12.0 Å². The van der Waals surface area contributed by atoms with E-state index in [4.69, 9.17) is 10.1 Å². The number of aliphatic hydroxyl groups is 2. The van der Waals surface area contributed by atoms with Crippen molar-refractivity contribution in [2.24, 2.45) is 0 Å². The van der Waals surface area contributed by atoms with Gasteiger partial charge in [0.2, 0.25) is 0 Å². The minimum atomic E-state index is -1.16. The molecule has 0 spiro atoms. The summed E-state index contributed by atoms with van der Waals surface area (Å²) in [6.07, 6.45) is 4.82. The molecule has 0 bridgehead atoms. The van der Waals surface area contributed by atoms with Crippen LogP contribution in [-0.2, 0) is 17.6 Å². The lowest BCUT2D eigenvalue weighted by Gasteiger charge is -2.22. The summed E-state index contributed by atoms with van der Waals surface area (Å²) in [5.41, 5.74) is 7.06. The number of aliphatic carboxylic acids is 1. The molecule has 37 heavy (non-hydrogen) atoms. The summed E-state index contributed by atoms with van der Waals surface area (Å²) in [6.45, 7) is 5.95. The van der Waals surface area contributed by atoms with Gasteiger partial charge in [-0.3, -0.25) is 9.78 Å². The Morgan fingerprint density at radius 3 is 2.54 bits per heavy atom. The lowest BCUT2D eigenvalue weighted by Crippen LogP contribution is -2.19. The number of aryl methyl sites for hydroxylation is 2. The number of nitrogens with zero attached hydrogens (tertiary/aromatic N) is 3. The second-order valence-corrected chi connectivity index (χ2v) is 9.82. The lowest BCUT2D eigenvalue weighted by atomic mass is 9.87. The molecule has 0 amide bonds. The Morgan fingerprint density at radius 2 is 1.86 bits per heavy atom. The molecule has 4 rings (SSSR count). The molecule has 0 unspecified atom stereocenters. The summed E-state index contributed by atoms with van der Waals surface area (Å²) in [4.78, 5) is 25.1. The molecule has 3 N–H and O–H groups in total. The van der Waals surface area contributed by atoms with Gasteiger partial charge in [0.15, 0.2) is 0 Å². The van der Waals surface area contributed by atoms with Gasteiger partial charge in [0, 0.05) is 23.7 Å². The maximum atomic E-state index is 13.9. The molecule has 0 saturated carbocycles. The number of rotatable bonds is 8. The fraction of sp³-hybridized carbons (Fsp3) is 0.379. The van der Waals surface area contributed by atoms with Gasteiger partial charge in [-0.05, 0) is 60.9 Å². The van der Waals surface area contributed by atoms with Crippen molar-refractivity contribution in [1.29, 1.82) is 0 Å². The van der Waals surface area contributed by atoms with Crippen LogP contribution in [0.15, 0.2) is 36.5 Å². The Morgan fingerprint density at radius 1 is 1.14 bits per heavy atom. The monoisotopic (exact) mass is 505 g/mol. The zero-order chi connectivity index (χ0) is 26.7. The molecule has 7 nitrogen and oxygen atoms in total. The summed E-state index contributed by atoms with van der Waals surface area (Å²) < 4.78 is 13.9. The lowest BCUT2D eigenvalue weighted by molar-refractivity contribution is -0.139. The molecule has 1 aliphatic rings. The number of fused-ring (bicyclic) bond motifs is 3. The molecule has 0 fully saturated rings. The van der Waals surface area contributed by atoms with Crippen LogP contribution in [-0.4, -0.2) is 48.4 Å².